The van der Waals surface area contributed by atoms with E-state index in [1.54, 1.807) is 0 Å². The minimum atomic E-state index is -1.29. The van der Waals surface area contributed by atoms with E-state index in [1.807, 2.05) is 27.7 Å². The van der Waals surface area contributed by atoms with E-state index in [0.717, 1.165) is 36.0 Å². The molecule has 120 valence electrons. The molecule has 0 radical (unpaired) electrons. The third-order valence-corrected chi connectivity index (χ3v) is 5.48. The van der Waals surface area contributed by atoms with Crippen molar-refractivity contribution in [3.8, 4) is 0 Å². The summed E-state index contributed by atoms with van der Waals surface area (Å²) in [5, 5.41) is 9.98. The first-order chi connectivity index (χ1) is 10.2. The number of rotatable bonds is 3. The summed E-state index contributed by atoms with van der Waals surface area (Å²) in [4.78, 5) is 24.6. The molecular weight excluding hydrogens is 276 g/mol. The molecule has 0 saturated heterocycles. The first kappa shape index (κ1) is 16.7. The number of aryl methyl sites for hydroxylation is 3. The molecule has 1 aliphatic rings. The molecule has 22 heavy (non-hydrogen) atoms. The van der Waals surface area contributed by atoms with Gasteiger partial charge in [-0.05, 0) is 63.1 Å². The summed E-state index contributed by atoms with van der Waals surface area (Å²) in [6, 6.07) is 4.18. The van der Waals surface area contributed by atoms with Gasteiger partial charge in [-0.2, -0.15) is 0 Å². The van der Waals surface area contributed by atoms with Crippen molar-refractivity contribution in [2.45, 2.75) is 59.8 Å². The second-order valence-corrected chi connectivity index (χ2v) is 6.93. The highest BCUT2D eigenvalue weighted by Gasteiger charge is 2.56. The summed E-state index contributed by atoms with van der Waals surface area (Å²) in [7, 11) is 0. The van der Waals surface area contributed by atoms with Gasteiger partial charge in [0.25, 0.3) is 0 Å². The minimum absolute atomic E-state index is 0.138. The number of carboxylic acids is 1. The van der Waals surface area contributed by atoms with Crippen LogP contribution in [0, 0.1) is 32.1 Å². The van der Waals surface area contributed by atoms with Crippen molar-refractivity contribution < 1.29 is 14.7 Å². The lowest BCUT2D eigenvalue weighted by Crippen LogP contribution is -2.50. The molecule has 1 saturated carbocycles. The Bertz CT molecular complexity index is 578. The maximum absolute atomic E-state index is 12.5. The van der Waals surface area contributed by atoms with Crippen LogP contribution in [0.25, 0.3) is 0 Å². The Morgan fingerprint density at radius 1 is 1.14 bits per heavy atom. The van der Waals surface area contributed by atoms with Gasteiger partial charge in [-0.3, -0.25) is 9.59 Å². The summed E-state index contributed by atoms with van der Waals surface area (Å²) in [5.74, 6) is -1.54. The normalized spacial score (nSPS) is 28.4. The van der Waals surface area contributed by atoms with E-state index in [0.29, 0.717) is 0 Å². The second kappa shape index (κ2) is 5.86. The molecule has 1 fully saturated rings. The van der Waals surface area contributed by atoms with Crippen LogP contribution >= 0.6 is 0 Å². The van der Waals surface area contributed by atoms with Crippen LogP contribution in [-0.2, 0) is 9.59 Å². The Balaban J connectivity index is 2.71. The first-order valence-corrected chi connectivity index (χ1v) is 8.05. The fraction of sp³-hybridized carbons (Fsp3) is 0.579. The average molecular weight is 302 g/mol. The fourth-order valence-electron chi connectivity index (χ4n) is 4.64. The standard InChI is InChI=1S/C19H26O3/c1-11-9-12(2)17(13(3)10-11)16-8-6-7-14(4)19(16,15(5)20)18(21)22/h9-10,14,16H,6-8H2,1-5H3,(H,21,22). The lowest BCUT2D eigenvalue weighted by atomic mass is 9.56. The van der Waals surface area contributed by atoms with E-state index < -0.39 is 11.4 Å². The van der Waals surface area contributed by atoms with Crippen LogP contribution in [0.5, 0.6) is 0 Å². The summed E-state index contributed by atoms with van der Waals surface area (Å²) in [6.07, 6.45) is 2.54. The van der Waals surface area contributed by atoms with Gasteiger partial charge in [-0.15, -0.1) is 0 Å². The summed E-state index contributed by atoms with van der Waals surface area (Å²) >= 11 is 0. The molecule has 1 N–H and O–H groups in total. The molecule has 0 bridgehead atoms. The molecule has 1 aromatic rings. The largest absolute Gasteiger partial charge is 0.480 e. The molecule has 3 atom stereocenters. The van der Waals surface area contributed by atoms with Crippen molar-refractivity contribution >= 4 is 11.8 Å². The van der Waals surface area contributed by atoms with E-state index in [2.05, 4.69) is 12.1 Å². The highest BCUT2D eigenvalue weighted by molar-refractivity contribution is 6.03. The van der Waals surface area contributed by atoms with Gasteiger partial charge in [-0.1, -0.05) is 31.0 Å². The Morgan fingerprint density at radius 3 is 2.14 bits per heavy atom. The quantitative estimate of drug-likeness (QED) is 0.852. The molecule has 1 aliphatic carbocycles. The summed E-state index contributed by atoms with van der Waals surface area (Å²) in [5.41, 5.74) is 3.15. The number of ketones is 1. The number of carboxylic acid groups (broad SMARTS) is 1. The predicted molar refractivity (Wildman–Crippen MR) is 87.2 cm³/mol. The van der Waals surface area contributed by atoms with Gasteiger partial charge >= 0.3 is 5.97 Å². The smallest absolute Gasteiger partial charge is 0.318 e. The Morgan fingerprint density at radius 2 is 1.68 bits per heavy atom. The Labute approximate surface area is 132 Å². The molecule has 0 aromatic heterocycles. The Kier molecular flexibility index (Phi) is 4.46. The molecule has 3 unspecified atom stereocenters. The molecule has 0 spiro atoms. The predicted octanol–water partition coefficient (Wildman–Crippen LogP) is 4.18. The SMILES string of the molecule is CC(=O)C1(C(=O)O)C(C)CCCC1c1c(C)cc(C)cc1C. The van der Waals surface area contributed by atoms with Gasteiger partial charge in [0.15, 0.2) is 0 Å². The van der Waals surface area contributed by atoms with E-state index in [9.17, 15) is 14.7 Å². The van der Waals surface area contributed by atoms with Crippen LogP contribution in [0.15, 0.2) is 12.1 Å². The number of carbonyl (C=O) groups excluding carboxylic acids is 1. The van der Waals surface area contributed by atoms with Crippen LogP contribution < -0.4 is 0 Å². The van der Waals surface area contributed by atoms with Gasteiger partial charge in [0.1, 0.15) is 11.2 Å². The van der Waals surface area contributed by atoms with Gasteiger partial charge in [0.05, 0.1) is 0 Å². The van der Waals surface area contributed by atoms with Crippen LogP contribution in [0.3, 0.4) is 0 Å². The van der Waals surface area contributed by atoms with Gasteiger partial charge < -0.3 is 5.11 Å². The lowest BCUT2D eigenvalue weighted by molar-refractivity contribution is -0.162. The topological polar surface area (TPSA) is 54.4 Å². The highest BCUT2D eigenvalue weighted by atomic mass is 16.4. The molecule has 1 aromatic carbocycles. The van der Waals surface area contributed by atoms with Crippen molar-refractivity contribution in [2.24, 2.45) is 11.3 Å². The van der Waals surface area contributed by atoms with Crippen molar-refractivity contribution in [2.75, 3.05) is 0 Å². The number of hydrogen-bond donors (Lipinski definition) is 1. The van der Waals surface area contributed by atoms with Crippen LogP contribution in [0.1, 0.15) is 61.3 Å². The van der Waals surface area contributed by atoms with Crippen molar-refractivity contribution in [3.63, 3.8) is 0 Å². The van der Waals surface area contributed by atoms with Gasteiger partial charge in [0.2, 0.25) is 0 Å². The fourth-order valence-corrected chi connectivity index (χ4v) is 4.64. The van der Waals surface area contributed by atoms with E-state index in [4.69, 9.17) is 0 Å². The summed E-state index contributed by atoms with van der Waals surface area (Å²) < 4.78 is 0. The van der Waals surface area contributed by atoms with Crippen LogP contribution in [-0.4, -0.2) is 16.9 Å². The van der Waals surface area contributed by atoms with E-state index >= 15 is 0 Å². The maximum Gasteiger partial charge on any atom is 0.318 e. The Hall–Kier alpha value is -1.64. The molecule has 0 amide bonds. The van der Waals surface area contributed by atoms with Gasteiger partial charge in [-0.25, -0.2) is 0 Å². The highest BCUT2D eigenvalue weighted by Crippen LogP contribution is 2.53. The summed E-state index contributed by atoms with van der Waals surface area (Å²) in [6.45, 7) is 9.47. The van der Waals surface area contributed by atoms with Crippen LogP contribution in [0.4, 0.5) is 0 Å². The van der Waals surface area contributed by atoms with E-state index in [-0.39, 0.29) is 17.6 Å². The lowest BCUT2D eigenvalue weighted by Gasteiger charge is -2.45. The van der Waals surface area contributed by atoms with Crippen molar-refractivity contribution in [1.29, 1.82) is 0 Å². The molecule has 3 nitrogen and oxygen atoms in total. The third kappa shape index (κ3) is 2.37. The number of hydrogen-bond acceptors (Lipinski definition) is 2. The zero-order valence-electron chi connectivity index (χ0n) is 14.2. The van der Waals surface area contributed by atoms with Crippen molar-refractivity contribution in [1.82, 2.24) is 0 Å². The molecule has 0 heterocycles. The average Bonchev–Trinajstić information content (AvgIpc) is 2.36. The molecule has 2 rings (SSSR count). The second-order valence-electron chi connectivity index (χ2n) is 6.93. The maximum atomic E-state index is 12.5. The molecular formula is C19H26O3. The number of carbonyl (C=O) groups is 2. The number of benzene rings is 1. The van der Waals surface area contributed by atoms with Crippen molar-refractivity contribution in [3.05, 3.63) is 34.4 Å². The number of Topliss-reactive ketones (excluding diaryl/α,β-unsaturated/α-hetero) is 1. The van der Waals surface area contributed by atoms with Gasteiger partial charge in [0, 0.05) is 5.92 Å². The monoisotopic (exact) mass is 302 g/mol. The number of aliphatic carboxylic acids is 1. The van der Waals surface area contributed by atoms with Crippen LogP contribution in [0.2, 0.25) is 0 Å². The zero-order chi connectivity index (χ0) is 16.7. The third-order valence-electron chi connectivity index (χ3n) is 5.48. The molecule has 3 heteroatoms. The van der Waals surface area contributed by atoms with E-state index in [1.165, 1.54) is 12.5 Å². The minimum Gasteiger partial charge on any atom is -0.480 e. The first-order valence-electron chi connectivity index (χ1n) is 8.05. The molecule has 0 aliphatic heterocycles. The zero-order valence-corrected chi connectivity index (χ0v) is 14.2.